The monoisotopic (exact) mass is 367 g/mol. The lowest BCUT2D eigenvalue weighted by Crippen LogP contribution is -2.08. The number of carboxylic acids is 1. The lowest BCUT2D eigenvalue weighted by Gasteiger charge is -2.04. The first-order valence-corrected chi connectivity index (χ1v) is 8.08. The Morgan fingerprint density at radius 2 is 1.81 bits per heavy atom. The Morgan fingerprint density at radius 1 is 1.04 bits per heavy atom. The molecular formula is C20H14ClNO4. The van der Waals surface area contributed by atoms with Gasteiger partial charge in [0.25, 0.3) is 0 Å². The number of furan rings is 1. The number of carbonyl (C=O) groups excluding carboxylic acids is 1. The summed E-state index contributed by atoms with van der Waals surface area (Å²) in [5, 5.41) is 11.6. The summed E-state index contributed by atoms with van der Waals surface area (Å²) in [5.41, 5.74) is 1.33. The molecule has 0 radical (unpaired) electrons. The summed E-state index contributed by atoms with van der Waals surface area (Å²) in [4.78, 5) is 22.9. The third-order valence-corrected chi connectivity index (χ3v) is 3.86. The van der Waals surface area contributed by atoms with Crippen LogP contribution < -0.4 is 5.32 Å². The molecular weight excluding hydrogens is 354 g/mol. The second-order valence-electron chi connectivity index (χ2n) is 5.39. The van der Waals surface area contributed by atoms with E-state index in [2.05, 4.69) is 5.32 Å². The van der Waals surface area contributed by atoms with Gasteiger partial charge in [-0.1, -0.05) is 41.9 Å². The fourth-order valence-electron chi connectivity index (χ4n) is 2.31. The maximum atomic E-state index is 12.0. The first kappa shape index (κ1) is 17.5. The van der Waals surface area contributed by atoms with Crippen LogP contribution in [-0.4, -0.2) is 17.0 Å². The molecule has 5 nitrogen and oxygen atoms in total. The van der Waals surface area contributed by atoms with Crippen molar-refractivity contribution in [2.45, 2.75) is 0 Å². The van der Waals surface area contributed by atoms with Crippen LogP contribution in [0.4, 0.5) is 5.69 Å². The van der Waals surface area contributed by atoms with E-state index in [1.165, 1.54) is 24.3 Å². The van der Waals surface area contributed by atoms with E-state index in [0.29, 0.717) is 17.2 Å². The zero-order valence-corrected chi connectivity index (χ0v) is 14.2. The first-order valence-electron chi connectivity index (χ1n) is 7.70. The summed E-state index contributed by atoms with van der Waals surface area (Å²) in [5.74, 6) is -0.262. The van der Waals surface area contributed by atoms with Crippen molar-refractivity contribution in [3.8, 4) is 11.3 Å². The number of carboxylic acid groups (broad SMARTS) is 1. The van der Waals surface area contributed by atoms with E-state index >= 15 is 0 Å². The summed E-state index contributed by atoms with van der Waals surface area (Å²) >= 11 is 5.88. The minimum atomic E-state index is -1.13. The zero-order valence-electron chi connectivity index (χ0n) is 13.5. The molecule has 1 amide bonds. The molecule has 2 aromatic carbocycles. The molecule has 2 N–H and O–H groups in total. The number of rotatable bonds is 5. The third kappa shape index (κ3) is 4.20. The van der Waals surface area contributed by atoms with Crippen molar-refractivity contribution in [1.82, 2.24) is 0 Å². The molecule has 6 heteroatoms. The fraction of sp³-hybridized carbons (Fsp3) is 0. The standard InChI is InChI=1S/C20H14ClNO4/c21-17-12-14(6-9-16(17)20(24)25)22-19(23)11-8-15-7-10-18(26-15)13-4-2-1-3-5-13/h1-12H,(H,22,23)(H,24,25)/b11-8+. The van der Waals surface area contributed by atoms with Gasteiger partial charge >= 0.3 is 5.97 Å². The van der Waals surface area contributed by atoms with Crippen molar-refractivity contribution >= 4 is 35.2 Å². The molecule has 0 saturated carbocycles. The van der Waals surface area contributed by atoms with Crippen LogP contribution in [0.1, 0.15) is 16.1 Å². The van der Waals surface area contributed by atoms with Gasteiger partial charge in [-0.15, -0.1) is 0 Å². The second-order valence-corrected chi connectivity index (χ2v) is 5.80. The smallest absolute Gasteiger partial charge is 0.337 e. The van der Waals surface area contributed by atoms with Crippen LogP contribution in [0.15, 0.2) is 71.2 Å². The molecule has 0 saturated heterocycles. The van der Waals surface area contributed by atoms with E-state index in [9.17, 15) is 9.59 Å². The number of carbonyl (C=O) groups is 2. The molecule has 0 spiro atoms. The Bertz CT molecular complexity index is 976. The molecule has 0 aliphatic rings. The number of benzene rings is 2. The summed E-state index contributed by atoms with van der Waals surface area (Å²) in [6.45, 7) is 0. The molecule has 0 bridgehead atoms. The lowest BCUT2D eigenvalue weighted by atomic mass is 10.2. The molecule has 0 atom stereocenters. The zero-order chi connectivity index (χ0) is 18.5. The SMILES string of the molecule is O=C(/C=C/c1ccc(-c2ccccc2)o1)Nc1ccc(C(=O)O)c(Cl)c1. The Hall–Kier alpha value is -3.31. The molecule has 26 heavy (non-hydrogen) atoms. The van der Waals surface area contributed by atoms with Gasteiger partial charge in [-0.05, 0) is 36.4 Å². The second kappa shape index (κ2) is 7.72. The van der Waals surface area contributed by atoms with Crippen LogP contribution in [0.5, 0.6) is 0 Å². The topological polar surface area (TPSA) is 79.5 Å². The largest absolute Gasteiger partial charge is 0.478 e. The highest BCUT2D eigenvalue weighted by Crippen LogP contribution is 2.23. The molecule has 1 heterocycles. The molecule has 0 fully saturated rings. The maximum absolute atomic E-state index is 12.0. The predicted octanol–water partition coefficient (Wildman–Crippen LogP) is 4.95. The van der Waals surface area contributed by atoms with Gasteiger partial charge in [-0.3, -0.25) is 4.79 Å². The summed E-state index contributed by atoms with van der Waals surface area (Å²) in [6.07, 6.45) is 2.88. The Balaban J connectivity index is 1.66. The first-order chi connectivity index (χ1) is 12.5. The molecule has 0 unspecified atom stereocenters. The van der Waals surface area contributed by atoms with Crippen molar-refractivity contribution in [3.05, 3.63) is 83.1 Å². The molecule has 130 valence electrons. The van der Waals surface area contributed by atoms with Gasteiger partial charge in [0, 0.05) is 17.3 Å². The summed E-state index contributed by atoms with van der Waals surface area (Å²) in [7, 11) is 0. The van der Waals surface area contributed by atoms with Crippen molar-refractivity contribution in [2.24, 2.45) is 0 Å². The van der Waals surface area contributed by atoms with E-state index in [-0.39, 0.29) is 16.5 Å². The van der Waals surface area contributed by atoms with E-state index < -0.39 is 5.97 Å². The van der Waals surface area contributed by atoms with Crippen LogP contribution >= 0.6 is 11.6 Å². The van der Waals surface area contributed by atoms with Crippen molar-refractivity contribution in [2.75, 3.05) is 5.32 Å². The van der Waals surface area contributed by atoms with Gasteiger partial charge in [-0.25, -0.2) is 4.79 Å². The van der Waals surface area contributed by atoms with Gasteiger partial charge < -0.3 is 14.8 Å². The maximum Gasteiger partial charge on any atom is 0.337 e. The average molecular weight is 368 g/mol. The van der Waals surface area contributed by atoms with Crippen LogP contribution in [0.25, 0.3) is 17.4 Å². The van der Waals surface area contributed by atoms with Crippen LogP contribution in [0.3, 0.4) is 0 Å². The number of amides is 1. The van der Waals surface area contributed by atoms with E-state index in [0.717, 1.165) is 5.56 Å². The van der Waals surface area contributed by atoms with Gasteiger partial charge in [-0.2, -0.15) is 0 Å². The molecule has 0 aliphatic heterocycles. The van der Waals surface area contributed by atoms with Crippen LogP contribution in [0, 0.1) is 0 Å². The van der Waals surface area contributed by atoms with Gasteiger partial charge in [0.15, 0.2) is 0 Å². The number of halogens is 1. The van der Waals surface area contributed by atoms with E-state index in [4.69, 9.17) is 21.1 Å². The third-order valence-electron chi connectivity index (χ3n) is 3.55. The minimum Gasteiger partial charge on any atom is -0.478 e. The number of hydrogen-bond donors (Lipinski definition) is 2. The quantitative estimate of drug-likeness (QED) is 0.625. The molecule has 3 rings (SSSR count). The number of nitrogens with one attached hydrogen (secondary N) is 1. The van der Waals surface area contributed by atoms with Crippen molar-refractivity contribution in [3.63, 3.8) is 0 Å². The molecule has 1 aromatic heterocycles. The normalized spacial score (nSPS) is 10.8. The summed E-state index contributed by atoms with van der Waals surface area (Å²) in [6, 6.07) is 17.4. The average Bonchev–Trinajstić information content (AvgIpc) is 3.09. The highest BCUT2D eigenvalue weighted by Gasteiger charge is 2.09. The number of hydrogen-bond acceptors (Lipinski definition) is 3. The van der Waals surface area contributed by atoms with E-state index in [1.54, 1.807) is 12.1 Å². The highest BCUT2D eigenvalue weighted by molar-refractivity contribution is 6.33. The van der Waals surface area contributed by atoms with Crippen LogP contribution in [-0.2, 0) is 4.79 Å². The highest BCUT2D eigenvalue weighted by atomic mass is 35.5. The number of aromatic carboxylic acids is 1. The summed E-state index contributed by atoms with van der Waals surface area (Å²) < 4.78 is 5.68. The van der Waals surface area contributed by atoms with Gasteiger partial charge in [0.2, 0.25) is 5.91 Å². The Kier molecular flexibility index (Phi) is 5.20. The Labute approximate surface area is 154 Å². The number of anilines is 1. The van der Waals surface area contributed by atoms with Gasteiger partial charge in [0.1, 0.15) is 11.5 Å². The fourth-order valence-corrected chi connectivity index (χ4v) is 2.57. The van der Waals surface area contributed by atoms with E-state index in [1.807, 2.05) is 36.4 Å². The van der Waals surface area contributed by atoms with Gasteiger partial charge in [0.05, 0.1) is 10.6 Å². The molecule has 0 aliphatic carbocycles. The lowest BCUT2D eigenvalue weighted by molar-refractivity contribution is -0.111. The van der Waals surface area contributed by atoms with Crippen molar-refractivity contribution in [1.29, 1.82) is 0 Å². The van der Waals surface area contributed by atoms with Crippen LogP contribution in [0.2, 0.25) is 5.02 Å². The predicted molar refractivity (Wildman–Crippen MR) is 100 cm³/mol. The van der Waals surface area contributed by atoms with Crippen molar-refractivity contribution < 1.29 is 19.1 Å². The molecule has 3 aromatic rings. The minimum absolute atomic E-state index is 0.0239. The Morgan fingerprint density at radius 3 is 2.50 bits per heavy atom.